The number of methoxy groups -OCH3 is 4. The summed E-state index contributed by atoms with van der Waals surface area (Å²) in [5.41, 5.74) is 3.06. The molecule has 0 heterocycles. The fourth-order valence-electron chi connectivity index (χ4n) is 2.27. The van der Waals surface area contributed by atoms with Crippen LogP contribution in [0.25, 0.3) is 0 Å². The fourth-order valence-corrected chi connectivity index (χ4v) is 2.27. The molecule has 0 aliphatic rings. The number of hydrogen-bond donors (Lipinski definition) is 1. The molecule has 0 aliphatic carbocycles. The van der Waals surface area contributed by atoms with E-state index in [0.29, 0.717) is 34.3 Å². The van der Waals surface area contributed by atoms with E-state index >= 15 is 0 Å². The minimum atomic E-state index is -0.412. The molecule has 0 aliphatic heterocycles. The van der Waals surface area contributed by atoms with E-state index in [1.807, 2.05) is 6.07 Å². The lowest BCUT2D eigenvalue weighted by Gasteiger charge is -2.12. The van der Waals surface area contributed by atoms with Crippen LogP contribution in [0, 0.1) is 0 Å². The van der Waals surface area contributed by atoms with E-state index in [1.54, 1.807) is 30.3 Å². The van der Waals surface area contributed by atoms with Crippen LogP contribution in [0.15, 0.2) is 41.5 Å². The Hall–Kier alpha value is -3.42. The number of nitrogens with one attached hydrogen (secondary N) is 1. The number of benzene rings is 2. The Morgan fingerprint density at radius 1 is 0.926 bits per heavy atom. The number of carbonyl (C=O) groups excluding carboxylic acids is 1. The summed E-state index contributed by atoms with van der Waals surface area (Å²) >= 11 is 0. The molecule has 0 radical (unpaired) electrons. The molecule has 1 N–H and O–H groups in total. The predicted octanol–water partition coefficient (Wildman–Crippen LogP) is 2.25. The topological polar surface area (TPSA) is 87.6 Å². The smallest absolute Gasteiger partial charge is 0.277 e. The molecule has 27 heavy (non-hydrogen) atoms. The molecule has 0 saturated heterocycles. The van der Waals surface area contributed by atoms with E-state index in [0.717, 1.165) is 0 Å². The molecule has 0 atom stereocenters. The van der Waals surface area contributed by atoms with Crippen molar-refractivity contribution < 1.29 is 28.5 Å². The van der Waals surface area contributed by atoms with Gasteiger partial charge in [-0.05, 0) is 24.3 Å². The Kier molecular flexibility index (Phi) is 7.30. The number of ether oxygens (including phenoxy) is 5. The van der Waals surface area contributed by atoms with Gasteiger partial charge in [-0.3, -0.25) is 4.79 Å². The maximum atomic E-state index is 11.9. The van der Waals surface area contributed by atoms with Gasteiger partial charge in [-0.25, -0.2) is 5.43 Å². The molecule has 0 fully saturated rings. The maximum absolute atomic E-state index is 11.9. The number of hydrogen-bond acceptors (Lipinski definition) is 7. The molecule has 2 aromatic carbocycles. The highest BCUT2D eigenvalue weighted by Gasteiger charge is 2.12. The Balaban J connectivity index is 1.97. The van der Waals surface area contributed by atoms with Crippen molar-refractivity contribution in [3.63, 3.8) is 0 Å². The quantitative estimate of drug-likeness (QED) is 0.535. The minimum Gasteiger partial charge on any atom is -0.493 e. The van der Waals surface area contributed by atoms with Crippen LogP contribution in [-0.2, 0) is 4.79 Å². The van der Waals surface area contributed by atoms with E-state index in [-0.39, 0.29) is 6.61 Å². The largest absolute Gasteiger partial charge is 0.493 e. The summed E-state index contributed by atoms with van der Waals surface area (Å²) in [5, 5.41) is 3.91. The Labute approximate surface area is 157 Å². The van der Waals surface area contributed by atoms with E-state index in [9.17, 15) is 4.79 Å². The zero-order valence-corrected chi connectivity index (χ0v) is 15.6. The van der Waals surface area contributed by atoms with Gasteiger partial charge in [0, 0.05) is 5.56 Å². The monoisotopic (exact) mass is 374 g/mol. The lowest BCUT2D eigenvalue weighted by Crippen LogP contribution is -2.24. The Morgan fingerprint density at radius 2 is 1.52 bits per heavy atom. The SMILES string of the molecule is COc1ccccc1OCC(=O)N/N=C/c1cc(OC)c(OC)c(OC)c1. The summed E-state index contributed by atoms with van der Waals surface area (Å²) in [5.74, 6) is 2.07. The molecular weight excluding hydrogens is 352 g/mol. The van der Waals surface area contributed by atoms with Crippen molar-refractivity contribution in [2.75, 3.05) is 35.0 Å². The first-order valence-corrected chi connectivity index (χ1v) is 8.00. The summed E-state index contributed by atoms with van der Waals surface area (Å²) < 4.78 is 26.4. The van der Waals surface area contributed by atoms with E-state index in [1.165, 1.54) is 34.7 Å². The van der Waals surface area contributed by atoms with E-state index in [4.69, 9.17) is 23.7 Å². The van der Waals surface area contributed by atoms with Crippen LogP contribution in [0.5, 0.6) is 28.7 Å². The first kappa shape index (κ1) is 19.9. The summed E-state index contributed by atoms with van der Waals surface area (Å²) in [6, 6.07) is 10.5. The molecule has 0 bridgehead atoms. The molecule has 144 valence electrons. The van der Waals surface area contributed by atoms with Crippen LogP contribution in [0.2, 0.25) is 0 Å². The molecule has 2 aromatic rings. The van der Waals surface area contributed by atoms with Crippen molar-refractivity contribution in [3.8, 4) is 28.7 Å². The molecule has 0 aromatic heterocycles. The minimum absolute atomic E-state index is 0.201. The first-order valence-electron chi connectivity index (χ1n) is 8.00. The highest BCUT2D eigenvalue weighted by atomic mass is 16.5. The fraction of sp³-hybridized carbons (Fsp3) is 0.263. The number of para-hydroxylation sites is 2. The van der Waals surface area contributed by atoms with Crippen molar-refractivity contribution in [2.24, 2.45) is 5.10 Å². The first-order chi connectivity index (χ1) is 13.1. The second-order valence-corrected chi connectivity index (χ2v) is 5.19. The van der Waals surface area contributed by atoms with Gasteiger partial charge in [0.15, 0.2) is 29.6 Å². The average molecular weight is 374 g/mol. The summed E-state index contributed by atoms with van der Waals surface area (Å²) in [4.78, 5) is 11.9. The van der Waals surface area contributed by atoms with Crippen LogP contribution in [0.3, 0.4) is 0 Å². The molecule has 8 nitrogen and oxygen atoms in total. The molecule has 0 unspecified atom stereocenters. The third-order valence-electron chi connectivity index (χ3n) is 3.52. The second-order valence-electron chi connectivity index (χ2n) is 5.19. The summed E-state index contributed by atoms with van der Waals surface area (Å²) in [6.07, 6.45) is 1.46. The maximum Gasteiger partial charge on any atom is 0.277 e. The van der Waals surface area contributed by atoms with Crippen LogP contribution in [-0.4, -0.2) is 47.2 Å². The van der Waals surface area contributed by atoms with Crippen molar-refractivity contribution >= 4 is 12.1 Å². The van der Waals surface area contributed by atoms with E-state index < -0.39 is 5.91 Å². The second kappa shape index (κ2) is 9.91. The normalized spacial score (nSPS) is 10.4. The third kappa shape index (κ3) is 5.27. The van der Waals surface area contributed by atoms with Crippen LogP contribution in [0.4, 0.5) is 0 Å². The van der Waals surface area contributed by atoms with Crippen LogP contribution in [0.1, 0.15) is 5.56 Å². The van der Waals surface area contributed by atoms with Crippen LogP contribution >= 0.6 is 0 Å². The number of hydrazone groups is 1. The van der Waals surface area contributed by atoms with Gasteiger partial charge in [0.25, 0.3) is 5.91 Å². The zero-order valence-electron chi connectivity index (χ0n) is 15.6. The van der Waals surface area contributed by atoms with Crippen molar-refractivity contribution in [1.29, 1.82) is 0 Å². The number of carbonyl (C=O) groups is 1. The lowest BCUT2D eigenvalue weighted by molar-refractivity contribution is -0.123. The summed E-state index contributed by atoms with van der Waals surface area (Å²) in [6.45, 7) is -0.201. The third-order valence-corrected chi connectivity index (χ3v) is 3.52. The highest BCUT2D eigenvalue weighted by molar-refractivity contribution is 5.84. The molecule has 8 heteroatoms. The predicted molar refractivity (Wildman–Crippen MR) is 100 cm³/mol. The molecule has 0 saturated carbocycles. The molecular formula is C19H22N2O6. The van der Waals surface area contributed by atoms with Gasteiger partial charge in [0.2, 0.25) is 5.75 Å². The average Bonchev–Trinajstić information content (AvgIpc) is 2.71. The van der Waals surface area contributed by atoms with Gasteiger partial charge in [-0.1, -0.05) is 12.1 Å². The molecule has 1 amide bonds. The van der Waals surface area contributed by atoms with Gasteiger partial charge in [0.05, 0.1) is 34.7 Å². The Bertz CT molecular complexity index is 782. The summed E-state index contributed by atoms with van der Waals surface area (Å²) in [7, 11) is 6.10. The van der Waals surface area contributed by atoms with Gasteiger partial charge >= 0.3 is 0 Å². The van der Waals surface area contributed by atoms with Crippen molar-refractivity contribution in [2.45, 2.75) is 0 Å². The highest BCUT2D eigenvalue weighted by Crippen LogP contribution is 2.37. The van der Waals surface area contributed by atoms with Crippen molar-refractivity contribution in [3.05, 3.63) is 42.0 Å². The number of rotatable bonds is 9. The standard InChI is InChI=1S/C19H22N2O6/c1-23-14-7-5-6-8-15(14)27-12-18(22)21-20-11-13-9-16(24-2)19(26-4)17(10-13)25-3/h5-11H,12H2,1-4H3,(H,21,22)/b20-11+. The van der Waals surface area contributed by atoms with Gasteiger partial charge in [-0.2, -0.15) is 5.10 Å². The number of nitrogens with zero attached hydrogens (tertiary/aromatic N) is 1. The van der Waals surface area contributed by atoms with Gasteiger partial charge < -0.3 is 23.7 Å². The van der Waals surface area contributed by atoms with Gasteiger partial charge in [-0.15, -0.1) is 0 Å². The molecule has 0 spiro atoms. The van der Waals surface area contributed by atoms with Crippen LogP contribution < -0.4 is 29.1 Å². The lowest BCUT2D eigenvalue weighted by atomic mass is 10.2. The van der Waals surface area contributed by atoms with Gasteiger partial charge in [0.1, 0.15) is 0 Å². The Morgan fingerprint density at radius 3 is 2.07 bits per heavy atom. The van der Waals surface area contributed by atoms with E-state index in [2.05, 4.69) is 10.5 Å². The zero-order chi connectivity index (χ0) is 19.6. The number of amides is 1. The molecule has 2 rings (SSSR count). The van der Waals surface area contributed by atoms with Crippen molar-refractivity contribution in [1.82, 2.24) is 5.43 Å².